The summed E-state index contributed by atoms with van der Waals surface area (Å²) in [5.74, 6) is 0. The Morgan fingerprint density at radius 1 is 1.07 bits per heavy atom. The van der Waals surface area contributed by atoms with Gasteiger partial charge in [0.15, 0.2) is 0 Å². The Balaban J connectivity index is 1.31. The molecule has 2 aromatic carbocycles. The molecule has 150 valence electrons. The quantitative estimate of drug-likeness (QED) is 0.869. The molecule has 1 N–H and O–H groups in total. The summed E-state index contributed by atoms with van der Waals surface area (Å²) >= 11 is 0. The molecule has 2 unspecified atom stereocenters. The van der Waals surface area contributed by atoms with Crippen LogP contribution >= 0.6 is 0 Å². The van der Waals surface area contributed by atoms with E-state index < -0.39 is 5.60 Å². The van der Waals surface area contributed by atoms with Crippen LogP contribution in [0, 0.1) is 0 Å². The minimum Gasteiger partial charge on any atom is -0.445 e. The van der Waals surface area contributed by atoms with Crippen molar-refractivity contribution in [1.82, 2.24) is 4.90 Å². The number of hydrogen-bond acceptors (Lipinski definition) is 4. The standard InChI is InChI=1S/C24H25NO4/c26-23(29-14-17-6-2-1-3-7-17)25-21-12-24(27,13-22(25)16-28-15-21)20-10-18-8-4-5-9-19(18)11-20/h1-10,21-22,27H,11-16H2. The van der Waals surface area contributed by atoms with Gasteiger partial charge in [0, 0.05) is 12.8 Å². The summed E-state index contributed by atoms with van der Waals surface area (Å²) in [5.41, 5.74) is 3.54. The van der Waals surface area contributed by atoms with E-state index in [1.807, 2.05) is 42.5 Å². The molecular formula is C24H25NO4. The molecule has 2 heterocycles. The minimum atomic E-state index is -0.908. The summed E-state index contributed by atoms with van der Waals surface area (Å²) < 4.78 is 11.3. The van der Waals surface area contributed by atoms with Gasteiger partial charge in [-0.05, 0) is 28.7 Å². The lowest BCUT2D eigenvalue weighted by Gasteiger charge is -2.51. The van der Waals surface area contributed by atoms with Gasteiger partial charge in [0.25, 0.3) is 0 Å². The number of morpholine rings is 1. The van der Waals surface area contributed by atoms with Gasteiger partial charge in [-0.1, -0.05) is 60.7 Å². The predicted octanol–water partition coefficient (Wildman–Crippen LogP) is 3.56. The molecule has 0 radical (unpaired) electrons. The first-order valence-corrected chi connectivity index (χ1v) is 10.2. The molecule has 2 aromatic rings. The van der Waals surface area contributed by atoms with E-state index in [0.29, 0.717) is 26.1 Å². The van der Waals surface area contributed by atoms with E-state index in [-0.39, 0.29) is 24.8 Å². The van der Waals surface area contributed by atoms with Gasteiger partial charge in [-0.3, -0.25) is 4.90 Å². The molecule has 0 aromatic heterocycles. The average Bonchev–Trinajstić information content (AvgIpc) is 3.17. The van der Waals surface area contributed by atoms with Gasteiger partial charge in [-0.25, -0.2) is 4.79 Å². The third kappa shape index (κ3) is 3.45. The number of piperidine rings is 1. The molecule has 0 spiro atoms. The highest BCUT2D eigenvalue weighted by atomic mass is 16.6. The van der Waals surface area contributed by atoms with Crippen LogP contribution in [0.5, 0.6) is 0 Å². The van der Waals surface area contributed by atoms with Crippen molar-refractivity contribution in [3.05, 3.63) is 76.9 Å². The molecule has 5 rings (SSSR count). The number of benzene rings is 2. The number of ether oxygens (including phenoxy) is 2. The summed E-state index contributed by atoms with van der Waals surface area (Å²) in [7, 11) is 0. The van der Waals surface area contributed by atoms with Gasteiger partial charge in [0.1, 0.15) is 6.61 Å². The van der Waals surface area contributed by atoms with E-state index in [2.05, 4.69) is 18.2 Å². The van der Waals surface area contributed by atoms with Crippen LogP contribution in [0.4, 0.5) is 4.79 Å². The molecule has 3 aliphatic rings. The highest BCUT2D eigenvalue weighted by molar-refractivity contribution is 5.70. The largest absolute Gasteiger partial charge is 0.445 e. The Hall–Kier alpha value is -2.63. The van der Waals surface area contributed by atoms with Crippen LogP contribution in [0.2, 0.25) is 0 Å². The second-order valence-corrected chi connectivity index (χ2v) is 8.28. The van der Waals surface area contributed by atoms with Crippen LogP contribution in [-0.4, -0.2) is 47.0 Å². The maximum Gasteiger partial charge on any atom is 0.410 e. The molecule has 0 saturated carbocycles. The van der Waals surface area contributed by atoms with E-state index in [1.165, 1.54) is 11.1 Å². The third-order valence-corrected chi connectivity index (χ3v) is 6.33. The summed E-state index contributed by atoms with van der Waals surface area (Å²) in [6.07, 6.45) is 3.52. The van der Waals surface area contributed by atoms with Gasteiger partial charge in [0.2, 0.25) is 0 Å². The fourth-order valence-corrected chi connectivity index (χ4v) is 4.91. The van der Waals surface area contributed by atoms with Crippen LogP contribution in [0.15, 0.2) is 60.2 Å². The lowest BCUT2D eigenvalue weighted by atomic mass is 9.76. The normalized spacial score (nSPS) is 27.9. The summed E-state index contributed by atoms with van der Waals surface area (Å²) in [5, 5.41) is 11.6. The first-order valence-electron chi connectivity index (χ1n) is 10.2. The Morgan fingerprint density at radius 3 is 2.48 bits per heavy atom. The predicted molar refractivity (Wildman–Crippen MR) is 109 cm³/mol. The first-order chi connectivity index (χ1) is 14.1. The van der Waals surface area contributed by atoms with Crippen LogP contribution in [0.3, 0.4) is 0 Å². The van der Waals surface area contributed by atoms with Crippen molar-refractivity contribution in [1.29, 1.82) is 0 Å². The summed E-state index contributed by atoms with van der Waals surface area (Å²) in [4.78, 5) is 14.6. The topological polar surface area (TPSA) is 59.0 Å². The number of carbonyl (C=O) groups excluding carboxylic acids is 1. The van der Waals surface area contributed by atoms with Crippen LogP contribution in [0.1, 0.15) is 29.5 Å². The highest BCUT2D eigenvalue weighted by Gasteiger charge is 2.50. The van der Waals surface area contributed by atoms with Crippen molar-refractivity contribution in [3.8, 4) is 0 Å². The molecule has 2 atom stereocenters. The number of fused-ring (bicyclic) bond motifs is 3. The molecule has 2 saturated heterocycles. The molecule has 5 heteroatoms. The van der Waals surface area contributed by atoms with Crippen LogP contribution in [-0.2, 0) is 22.5 Å². The zero-order valence-corrected chi connectivity index (χ0v) is 16.3. The van der Waals surface area contributed by atoms with E-state index in [1.54, 1.807) is 4.90 Å². The zero-order valence-electron chi connectivity index (χ0n) is 16.3. The molecule has 29 heavy (non-hydrogen) atoms. The van der Waals surface area contributed by atoms with Gasteiger partial charge in [-0.15, -0.1) is 0 Å². The van der Waals surface area contributed by atoms with Crippen LogP contribution < -0.4 is 0 Å². The molecule has 1 amide bonds. The number of nitrogens with zero attached hydrogens (tertiary/aromatic N) is 1. The zero-order chi connectivity index (χ0) is 19.8. The lowest BCUT2D eigenvalue weighted by Crippen LogP contribution is -2.63. The minimum absolute atomic E-state index is 0.180. The molecular weight excluding hydrogens is 366 g/mol. The van der Waals surface area contributed by atoms with Crippen molar-refractivity contribution in [2.75, 3.05) is 13.2 Å². The molecule has 1 aliphatic carbocycles. The molecule has 2 bridgehead atoms. The van der Waals surface area contributed by atoms with E-state index in [4.69, 9.17) is 9.47 Å². The lowest BCUT2D eigenvalue weighted by molar-refractivity contribution is -0.120. The van der Waals surface area contributed by atoms with Crippen molar-refractivity contribution < 1.29 is 19.4 Å². The van der Waals surface area contributed by atoms with E-state index >= 15 is 0 Å². The molecule has 5 nitrogen and oxygen atoms in total. The number of aliphatic hydroxyl groups is 1. The van der Waals surface area contributed by atoms with Gasteiger partial charge >= 0.3 is 6.09 Å². The molecule has 2 fully saturated rings. The fourth-order valence-electron chi connectivity index (χ4n) is 4.91. The Bertz CT molecular complexity index is 925. The third-order valence-electron chi connectivity index (χ3n) is 6.33. The van der Waals surface area contributed by atoms with Crippen LogP contribution in [0.25, 0.3) is 6.08 Å². The van der Waals surface area contributed by atoms with Gasteiger partial charge < -0.3 is 14.6 Å². The van der Waals surface area contributed by atoms with Gasteiger partial charge in [-0.2, -0.15) is 0 Å². The molecule has 2 aliphatic heterocycles. The monoisotopic (exact) mass is 391 g/mol. The second-order valence-electron chi connectivity index (χ2n) is 8.28. The van der Waals surface area contributed by atoms with E-state index in [9.17, 15) is 9.90 Å². The summed E-state index contributed by atoms with van der Waals surface area (Å²) in [6, 6.07) is 17.6. The number of carbonyl (C=O) groups is 1. The average molecular weight is 391 g/mol. The number of hydrogen-bond donors (Lipinski definition) is 1. The first kappa shape index (κ1) is 18.4. The van der Waals surface area contributed by atoms with Crippen molar-refractivity contribution in [3.63, 3.8) is 0 Å². The maximum absolute atomic E-state index is 12.8. The van der Waals surface area contributed by atoms with Crippen molar-refractivity contribution >= 4 is 12.2 Å². The Morgan fingerprint density at radius 2 is 1.76 bits per heavy atom. The summed E-state index contributed by atoms with van der Waals surface area (Å²) in [6.45, 7) is 1.11. The number of amides is 1. The number of rotatable bonds is 3. The van der Waals surface area contributed by atoms with Crippen molar-refractivity contribution in [2.24, 2.45) is 0 Å². The Labute approximate surface area is 170 Å². The SMILES string of the molecule is O=C(OCc1ccccc1)N1C2COCC1CC(O)(C1=Cc3ccccc3C1)C2. The fraction of sp³-hybridized carbons (Fsp3) is 0.375. The van der Waals surface area contributed by atoms with Crippen molar-refractivity contribution in [2.45, 2.75) is 43.6 Å². The Kier molecular flexibility index (Phi) is 4.64. The van der Waals surface area contributed by atoms with E-state index in [0.717, 1.165) is 17.6 Å². The van der Waals surface area contributed by atoms with Gasteiger partial charge in [0.05, 0.1) is 30.9 Å². The second kappa shape index (κ2) is 7.32. The highest BCUT2D eigenvalue weighted by Crippen LogP contribution is 2.43. The maximum atomic E-state index is 12.8. The smallest absolute Gasteiger partial charge is 0.410 e.